The Morgan fingerprint density at radius 2 is 2.38 bits per heavy atom. The molecular weight excluding hydrogens is 164 g/mol. The van der Waals surface area contributed by atoms with Crippen LogP contribution in [0.3, 0.4) is 0 Å². The molecule has 2 atom stereocenters. The Balaban J connectivity index is 2.28. The molecule has 0 aliphatic heterocycles. The third-order valence-electron chi connectivity index (χ3n) is 2.52. The van der Waals surface area contributed by atoms with Gasteiger partial charge in [0.15, 0.2) is 6.40 Å². The highest BCUT2D eigenvalue weighted by molar-refractivity contribution is 5.46. The van der Waals surface area contributed by atoms with Crippen molar-refractivity contribution >= 4 is 6.40 Å². The SMILES string of the molecule is CCNC1CCCC(N=COC)C1. The third-order valence-corrected chi connectivity index (χ3v) is 2.52. The minimum absolute atomic E-state index is 0.470. The summed E-state index contributed by atoms with van der Waals surface area (Å²) < 4.78 is 4.83. The summed E-state index contributed by atoms with van der Waals surface area (Å²) in [7, 11) is 1.65. The van der Waals surface area contributed by atoms with Crippen molar-refractivity contribution < 1.29 is 4.74 Å². The summed E-state index contributed by atoms with van der Waals surface area (Å²) in [6, 6.07) is 1.13. The predicted octanol–water partition coefficient (Wildman–Crippen LogP) is 1.58. The van der Waals surface area contributed by atoms with Crippen molar-refractivity contribution in [1.29, 1.82) is 0 Å². The minimum Gasteiger partial charge on any atom is -0.487 e. The van der Waals surface area contributed by atoms with Gasteiger partial charge in [0.1, 0.15) is 0 Å². The molecule has 0 amide bonds. The van der Waals surface area contributed by atoms with Gasteiger partial charge in [0, 0.05) is 6.04 Å². The highest BCUT2D eigenvalue weighted by Crippen LogP contribution is 2.20. The van der Waals surface area contributed by atoms with Gasteiger partial charge in [-0.25, -0.2) is 0 Å². The zero-order valence-corrected chi connectivity index (χ0v) is 8.62. The molecule has 3 heteroatoms. The standard InChI is InChI=1S/C10H20N2O/c1-3-11-9-5-4-6-10(7-9)12-8-13-2/h8-11H,3-7H2,1-2H3. The molecule has 0 bridgehead atoms. The molecule has 1 fully saturated rings. The van der Waals surface area contributed by atoms with Gasteiger partial charge in [0.05, 0.1) is 13.2 Å². The maximum absolute atomic E-state index is 4.83. The molecule has 0 aromatic heterocycles. The topological polar surface area (TPSA) is 33.6 Å². The smallest absolute Gasteiger partial charge is 0.169 e. The fourth-order valence-electron chi connectivity index (χ4n) is 1.92. The van der Waals surface area contributed by atoms with Gasteiger partial charge < -0.3 is 10.1 Å². The number of methoxy groups -OCH3 is 1. The number of nitrogens with one attached hydrogen (secondary N) is 1. The van der Waals surface area contributed by atoms with E-state index in [1.165, 1.54) is 19.3 Å². The van der Waals surface area contributed by atoms with Crippen LogP contribution in [0.1, 0.15) is 32.6 Å². The average Bonchev–Trinajstić information content (AvgIpc) is 2.16. The van der Waals surface area contributed by atoms with Gasteiger partial charge in [-0.1, -0.05) is 6.92 Å². The van der Waals surface area contributed by atoms with E-state index in [0.717, 1.165) is 13.0 Å². The summed E-state index contributed by atoms with van der Waals surface area (Å²) in [4.78, 5) is 4.35. The Morgan fingerprint density at radius 1 is 1.54 bits per heavy atom. The zero-order valence-electron chi connectivity index (χ0n) is 8.62. The molecule has 3 nitrogen and oxygen atoms in total. The number of rotatable bonds is 4. The van der Waals surface area contributed by atoms with Crippen LogP contribution in [0.25, 0.3) is 0 Å². The van der Waals surface area contributed by atoms with Crippen molar-refractivity contribution in [2.75, 3.05) is 13.7 Å². The van der Waals surface area contributed by atoms with Crippen molar-refractivity contribution in [3.63, 3.8) is 0 Å². The molecule has 0 aromatic rings. The molecule has 13 heavy (non-hydrogen) atoms. The third kappa shape index (κ3) is 3.77. The Labute approximate surface area is 80.6 Å². The van der Waals surface area contributed by atoms with Gasteiger partial charge in [-0.2, -0.15) is 0 Å². The fraction of sp³-hybridized carbons (Fsp3) is 0.900. The number of nitrogens with zero attached hydrogens (tertiary/aromatic N) is 1. The number of ether oxygens (including phenoxy) is 1. The van der Waals surface area contributed by atoms with Gasteiger partial charge in [-0.15, -0.1) is 0 Å². The van der Waals surface area contributed by atoms with Gasteiger partial charge >= 0.3 is 0 Å². The van der Waals surface area contributed by atoms with E-state index < -0.39 is 0 Å². The van der Waals surface area contributed by atoms with Crippen molar-refractivity contribution in [2.24, 2.45) is 4.99 Å². The van der Waals surface area contributed by atoms with Crippen LogP contribution >= 0.6 is 0 Å². The summed E-state index contributed by atoms with van der Waals surface area (Å²) in [5, 5.41) is 3.48. The van der Waals surface area contributed by atoms with E-state index in [0.29, 0.717) is 12.1 Å². The van der Waals surface area contributed by atoms with Gasteiger partial charge in [0.2, 0.25) is 0 Å². The number of hydrogen-bond acceptors (Lipinski definition) is 3. The molecule has 1 aliphatic carbocycles. The van der Waals surface area contributed by atoms with Crippen molar-refractivity contribution in [3.05, 3.63) is 0 Å². The number of aliphatic imine (C=N–C) groups is 1. The first-order valence-corrected chi connectivity index (χ1v) is 5.14. The summed E-state index contributed by atoms with van der Waals surface area (Å²) in [5.41, 5.74) is 0. The second-order valence-corrected chi connectivity index (χ2v) is 3.57. The monoisotopic (exact) mass is 184 g/mol. The van der Waals surface area contributed by atoms with Crippen molar-refractivity contribution in [2.45, 2.75) is 44.7 Å². The normalized spacial score (nSPS) is 29.4. The van der Waals surface area contributed by atoms with Crippen molar-refractivity contribution in [3.8, 4) is 0 Å². The molecular formula is C10H20N2O. The summed E-state index contributed by atoms with van der Waals surface area (Å²) in [6.07, 6.45) is 6.52. The molecule has 0 aromatic carbocycles. The van der Waals surface area contributed by atoms with E-state index in [1.807, 2.05) is 0 Å². The second-order valence-electron chi connectivity index (χ2n) is 3.57. The highest BCUT2D eigenvalue weighted by atomic mass is 16.5. The molecule has 1 saturated carbocycles. The quantitative estimate of drug-likeness (QED) is 0.531. The first-order valence-electron chi connectivity index (χ1n) is 5.14. The van der Waals surface area contributed by atoms with Gasteiger partial charge in [-0.05, 0) is 32.2 Å². The van der Waals surface area contributed by atoms with E-state index >= 15 is 0 Å². The van der Waals surface area contributed by atoms with E-state index in [4.69, 9.17) is 4.74 Å². The van der Waals surface area contributed by atoms with E-state index in [1.54, 1.807) is 13.5 Å². The molecule has 1 N–H and O–H groups in total. The Kier molecular flexibility index (Phi) is 4.83. The summed E-state index contributed by atoms with van der Waals surface area (Å²) in [5.74, 6) is 0. The highest BCUT2D eigenvalue weighted by Gasteiger charge is 2.19. The van der Waals surface area contributed by atoms with Crippen LogP contribution in [-0.4, -0.2) is 32.1 Å². The maximum Gasteiger partial charge on any atom is 0.169 e. The minimum atomic E-state index is 0.470. The first-order chi connectivity index (χ1) is 6.36. The Bertz CT molecular complexity index is 157. The van der Waals surface area contributed by atoms with Gasteiger partial charge in [0.25, 0.3) is 0 Å². The predicted molar refractivity (Wildman–Crippen MR) is 55.2 cm³/mol. The zero-order chi connectivity index (χ0) is 9.52. The van der Waals surface area contributed by atoms with Gasteiger partial charge in [-0.3, -0.25) is 4.99 Å². The Morgan fingerprint density at radius 3 is 3.08 bits per heavy atom. The second kappa shape index (κ2) is 5.97. The van der Waals surface area contributed by atoms with Crippen LogP contribution in [0.2, 0.25) is 0 Å². The van der Waals surface area contributed by atoms with Crippen LogP contribution < -0.4 is 5.32 Å². The molecule has 76 valence electrons. The van der Waals surface area contributed by atoms with Crippen LogP contribution in [0.5, 0.6) is 0 Å². The van der Waals surface area contributed by atoms with Crippen LogP contribution in [0, 0.1) is 0 Å². The lowest BCUT2D eigenvalue weighted by atomic mass is 9.91. The maximum atomic E-state index is 4.83. The fourth-order valence-corrected chi connectivity index (χ4v) is 1.92. The van der Waals surface area contributed by atoms with Crippen LogP contribution in [0.15, 0.2) is 4.99 Å². The summed E-state index contributed by atoms with van der Waals surface area (Å²) >= 11 is 0. The first kappa shape index (κ1) is 10.5. The molecule has 1 rings (SSSR count). The lowest BCUT2D eigenvalue weighted by molar-refractivity contribution is 0.339. The molecule has 2 unspecified atom stereocenters. The van der Waals surface area contributed by atoms with Crippen molar-refractivity contribution in [1.82, 2.24) is 5.32 Å². The molecule has 1 aliphatic rings. The van der Waals surface area contributed by atoms with Crippen LogP contribution in [0.4, 0.5) is 0 Å². The average molecular weight is 184 g/mol. The number of hydrogen-bond donors (Lipinski definition) is 1. The van der Waals surface area contributed by atoms with Crippen LogP contribution in [-0.2, 0) is 4.74 Å². The van der Waals surface area contributed by atoms with E-state index in [9.17, 15) is 0 Å². The lowest BCUT2D eigenvalue weighted by Gasteiger charge is -2.26. The molecule has 0 spiro atoms. The Hall–Kier alpha value is -0.570. The molecule has 0 saturated heterocycles. The van der Waals surface area contributed by atoms with E-state index in [-0.39, 0.29) is 0 Å². The van der Waals surface area contributed by atoms with E-state index in [2.05, 4.69) is 17.2 Å². The summed E-state index contributed by atoms with van der Waals surface area (Å²) in [6.45, 7) is 3.22. The largest absolute Gasteiger partial charge is 0.487 e. The lowest BCUT2D eigenvalue weighted by Crippen LogP contribution is -2.35. The molecule has 0 heterocycles. The molecule has 0 radical (unpaired) electrons.